The van der Waals surface area contributed by atoms with Gasteiger partial charge in [0.25, 0.3) is 5.56 Å². The van der Waals surface area contributed by atoms with Crippen LogP contribution in [0, 0.1) is 5.82 Å². The molecular formula is C23H17BrFN3O2. The van der Waals surface area contributed by atoms with Crippen LogP contribution in [-0.2, 0) is 11.3 Å². The maximum Gasteiger partial charge on any atom is 0.269 e. The molecule has 150 valence electrons. The molecule has 0 radical (unpaired) electrons. The van der Waals surface area contributed by atoms with Crippen LogP contribution in [0.4, 0.5) is 4.39 Å². The van der Waals surface area contributed by atoms with Gasteiger partial charge in [-0.2, -0.15) is 0 Å². The molecule has 1 atom stereocenters. The van der Waals surface area contributed by atoms with E-state index in [0.717, 1.165) is 5.56 Å². The van der Waals surface area contributed by atoms with Crippen LogP contribution in [0.3, 0.4) is 0 Å². The second-order valence-electron chi connectivity index (χ2n) is 6.75. The number of amides is 1. The number of hydrogen-bond acceptors (Lipinski definition) is 3. The lowest BCUT2D eigenvalue weighted by Crippen LogP contribution is -2.35. The van der Waals surface area contributed by atoms with E-state index in [-0.39, 0.29) is 12.1 Å². The first kappa shape index (κ1) is 20.0. The maximum atomic E-state index is 14.7. The van der Waals surface area contributed by atoms with Crippen LogP contribution in [0.2, 0.25) is 0 Å². The van der Waals surface area contributed by atoms with Crippen LogP contribution >= 0.6 is 15.9 Å². The van der Waals surface area contributed by atoms with Gasteiger partial charge in [-0.25, -0.2) is 9.37 Å². The van der Waals surface area contributed by atoms with Gasteiger partial charge in [0.2, 0.25) is 5.91 Å². The molecule has 5 nitrogen and oxygen atoms in total. The molecule has 1 heterocycles. The summed E-state index contributed by atoms with van der Waals surface area (Å²) in [6, 6.07) is 20.3. The van der Waals surface area contributed by atoms with Crippen molar-refractivity contribution in [3.63, 3.8) is 0 Å². The van der Waals surface area contributed by atoms with Gasteiger partial charge in [0.1, 0.15) is 12.4 Å². The summed E-state index contributed by atoms with van der Waals surface area (Å²) in [4.78, 5) is 29.4. The highest BCUT2D eigenvalue weighted by molar-refractivity contribution is 9.10. The third kappa shape index (κ3) is 4.16. The molecule has 0 aliphatic carbocycles. The quantitative estimate of drug-likeness (QED) is 0.480. The number of halogens is 2. The number of carbonyl (C=O) groups is 1. The molecular weight excluding hydrogens is 449 g/mol. The number of nitrogens with one attached hydrogen (secondary N) is 1. The van der Waals surface area contributed by atoms with Crippen molar-refractivity contribution in [3.05, 3.63) is 111 Å². The van der Waals surface area contributed by atoms with Gasteiger partial charge in [0, 0.05) is 10.0 Å². The number of fused-ring (bicyclic) bond motifs is 1. The van der Waals surface area contributed by atoms with Crippen LogP contribution < -0.4 is 10.9 Å². The van der Waals surface area contributed by atoms with Gasteiger partial charge in [-0.3, -0.25) is 14.2 Å². The summed E-state index contributed by atoms with van der Waals surface area (Å²) >= 11 is 3.26. The smallest absolute Gasteiger partial charge is 0.269 e. The standard InChI is InChI=1S/C23H17BrFN3O2/c24-16-10-11-17(18(25)12-16)23(15-6-2-1-3-7-15)27-21(29)14-28-20-9-5-4-8-19(20)26-13-22(28)30/h1-13,23H,14H2,(H,27,29). The molecule has 1 N–H and O–H groups in total. The third-order valence-corrected chi connectivity index (χ3v) is 5.26. The molecule has 0 fully saturated rings. The normalized spacial score (nSPS) is 11.9. The average Bonchev–Trinajstić information content (AvgIpc) is 2.75. The van der Waals surface area contributed by atoms with Crippen molar-refractivity contribution in [1.82, 2.24) is 14.9 Å². The number of benzene rings is 3. The van der Waals surface area contributed by atoms with Crippen LogP contribution in [-0.4, -0.2) is 15.5 Å². The highest BCUT2D eigenvalue weighted by atomic mass is 79.9. The highest BCUT2D eigenvalue weighted by Crippen LogP contribution is 2.26. The average molecular weight is 466 g/mol. The first-order valence-corrected chi connectivity index (χ1v) is 10.1. The lowest BCUT2D eigenvalue weighted by atomic mass is 9.98. The van der Waals surface area contributed by atoms with E-state index in [0.29, 0.717) is 21.1 Å². The SMILES string of the molecule is O=C(Cn1c(=O)cnc2ccccc21)NC(c1ccccc1)c1ccc(Br)cc1F. The third-order valence-electron chi connectivity index (χ3n) is 4.77. The van der Waals surface area contributed by atoms with Crippen molar-refractivity contribution in [2.45, 2.75) is 12.6 Å². The Labute approximate surface area is 180 Å². The molecule has 0 saturated heterocycles. The minimum absolute atomic E-state index is 0.205. The van der Waals surface area contributed by atoms with Crippen LogP contribution in [0.15, 0.2) is 88.3 Å². The summed E-state index contributed by atoms with van der Waals surface area (Å²) in [7, 11) is 0. The molecule has 1 amide bonds. The number of hydrogen-bond donors (Lipinski definition) is 1. The van der Waals surface area contributed by atoms with E-state index in [1.165, 1.54) is 16.8 Å². The fourth-order valence-corrected chi connectivity index (χ4v) is 3.68. The van der Waals surface area contributed by atoms with E-state index in [1.54, 1.807) is 30.3 Å². The van der Waals surface area contributed by atoms with Crippen molar-refractivity contribution in [2.75, 3.05) is 0 Å². The van der Waals surface area contributed by atoms with Crippen LogP contribution in [0.25, 0.3) is 11.0 Å². The van der Waals surface area contributed by atoms with E-state index in [4.69, 9.17) is 0 Å². The largest absolute Gasteiger partial charge is 0.344 e. The molecule has 0 aliphatic rings. The Hall–Kier alpha value is -3.32. The predicted molar refractivity (Wildman–Crippen MR) is 117 cm³/mol. The van der Waals surface area contributed by atoms with E-state index in [1.807, 2.05) is 36.4 Å². The maximum absolute atomic E-state index is 14.7. The van der Waals surface area contributed by atoms with Crippen LogP contribution in [0.5, 0.6) is 0 Å². The van der Waals surface area contributed by atoms with Gasteiger partial charge >= 0.3 is 0 Å². The molecule has 0 aliphatic heterocycles. The summed E-state index contributed by atoms with van der Waals surface area (Å²) in [5.74, 6) is -0.852. The Balaban J connectivity index is 1.68. The van der Waals surface area contributed by atoms with Crippen molar-refractivity contribution in [1.29, 1.82) is 0 Å². The second-order valence-corrected chi connectivity index (χ2v) is 7.66. The van der Waals surface area contributed by atoms with Gasteiger partial charge in [-0.1, -0.05) is 64.5 Å². The minimum Gasteiger partial charge on any atom is -0.344 e. The predicted octanol–water partition coefficient (Wildman–Crippen LogP) is 4.20. The van der Waals surface area contributed by atoms with E-state index < -0.39 is 17.8 Å². The van der Waals surface area contributed by atoms with E-state index >= 15 is 0 Å². The van der Waals surface area contributed by atoms with Crippen molar-refractivity contribution < 1.29 is 9.18 Å². The second kappa shape index (κ2) is 8.59. The van der Waals surface area contributed by atoms with Crippen molar-refractivity contribution >= 4 is 32.9 Å². The van der Waals surface area contributed by atoms with Gasteiger partial charge in [-0.05, 0) is 29.8 Å². The monoisotopic (exact) mass is 465 g/mol. The molecule has 7 heteroatoms. The Kier molecular flexibility index (Phi) is 5.72. The molecule has 0 saturated carbocycles. The number of carbonyl (C=O) groups excluding carboxylic acids is 1. The number of rotatable bonds is 5. The zero-order valence-electron chi connectivity index (χ0n) is 15.8. The summed E-state index contributed by atoms with van der Waals surface area (Å²) in [6.45, 7) is -0.205. The summed E-state index contributed by atoms with van der Waals surface area (Å²) in [5, 5.41) is 2.88. The summed E-state index contributed by atoms with van der Waals surface area (Å²) < 4.78 is 16.7. The Bertz CT molecular complexity index is 1270. The Morgan fingerprint density at radius 2 is 1.80 bits per heavy atom. The Morgan fingerprint density at radius 3 is 2.57 bits per heavy atom. The molecule has 4 aromatic rings. The molecule has 4 rings (SSSR count). The topological polar surface area (TPSA) is 64.0 Å². The fraction of sp³-hybridized carbons (Fsp3) is 0.0870. The fourth-order valence-electron chi connectivity index (χ4n) is 3.35. The van der Waals surface area contributed by atoms with Gasteiger partial charge in [-0.15, -0.1) is 0 Å². The van der Waals surface area contributed by atoms with Crippen LogP contribution in [0.1, 0.15) is 17.2 Å². The van der Waals surface area contributed by atoms with E-state index in [9.17, 15) is 14.0 Å². The zero-order valence-corrected chi connectivity index (χ0v) is 17.3. The molecule has 3 aromatic carbocycles. The lowest BCUT2D eigenvalue weighted by Gasteiger charge is -2.21. The van der Waals surface area contributed by atoms with E-state index in [2.05, 4.69) is 26.2 Å². The minimum atomic E-state index is -0.699. The van der Waals surface area contributed by atoms with Gasteiger partial charge < -0.3 is 5.32 Å². The zero-order chi connectivity index (χ0) is 21.1. The van der Waals surface area contributed by atoms with Crippen molar-refractivity contribution in [3.8, 4) is 0 Å². The number of nitrogens with zero attached hydrogens (tertiary/aromatic N) is 2. The molecule has 1 unspecified atom stereocenters. The van der Waals surface area contributed by atoms with Gasteiger partial charge in [0.15, 0.2) is 0 Å². The lowest BCUT2D eigenvalue weighted by molar-refractivity contribution is -0.122. The number of para-hydroxylation sites is 2. The molecule has 1 aromatic heterocycles. The summed E-state index contributed by atoms with van der Waals surface area (Å²) in [6.07, 6.45) is 1.19. The Morgan fingerprint density at radius 1 is 1.07 bits per heavy atom. The molecule has 0 spiro atoms. The van der Waals surface area contributed by atoms with Gasteiger partial charge in [0.05, 0.1) is 23.3 Å². The first-order chi connectivity index (χ1) is 14.5. The number of aromatic nitrogens is 2. The summed E-state index contributed by atoms with van der Waals surface area (Å²) in [5.41, 5.74) is 1.87. The molecule has 0 bridgehead atoms. The highest BCUT2D eigenvalue weighted by Gasteiger charge is 2.21. The first-order valence-electron chi connectivity index (χ1n) is 9.27. The van der Waals surface area contributed by atoms with Crippen molar-refractivity contribution in [2.24, 2.45) is 0 Å². The molecule has 30 heavy (non-hydrogen) atoms.